The van der Waals surface area contributed by atoms with Gasteiger partial charge in [-0.3, -0.25) is 4.90 Å². The molecule has 0 heterocycles. The fourth-order valence-corrected chi connectivity index (χ4v) is 2.03. The van der Waals surface area contributed by atoms with Crippen LogP contribution in [0.25, 0.3) is 0 Å². The number of amidine groups is 1. The number of para-hydroxylation sites is 1. The molecule has 18 heavy (non-hydrogen) atoms. The molecule has 1 rings (SSSR count). The summed E-state index contributed by atoms with van der Waals surface area (Å²) < 4.78 is 5.31. The molecule has 1 atom stereocenters. The number of methoxy groups -OCH3 is 1. The van der Waals surface area contributed by atoms with Gasteiger partial charge in [-0.25, -0.2) is 0 Å². The molecule has 0 fully saturated rings. The zero-order chi connectivity index (χ0) is 13.5. The zero-order valence-corrected chi connectivity index (χ0v) is 11.1. The summed E-state index contributed by atoms with van der Waals surface area (Å²) in [6, 6.07) is 7.75. The Hall–Kier alpha value is -1.75. The van der Waals surface area contributed by atoms with Crippen molar-refractivity contribution in [2.75, 3.05) is 14.2 Å². The molecule has 1 aromatic rings. The summed E-state index contributed by atoms with van der Waals surface area (Å²) in [5.74, 6) is 1.08. The van der Waals surface area contributed by atoms with E-state index in [1.54, 1.807) is 7.11 Å². The second kappa shape index (κ2) is 6.86. The monoisotopic (exact) mass is 251 g/mol. The van der Waals surface area contributed by atoms with Crippen LogP contribution in [0.15, 0.2) is 29.4 Å². The van der Waals surface area contributed by atoms with Crippen LogP contribution in [0.2, 0.25) is 0 Å². The molecule has 0 amide bonds. The van der Waals surface area contributed by atoms with E-state index in [4.69, 9.17) is 15.7 Å². The van der Waals surface area contributed by atoms with Crippen molar-refractivity contribution < 1.29 is 9.94 Å². The fourth-order valence-electron chi connectivity index (χ4n) is 2.03. The first-order chi connectivity index (χ1) is 8.63. The van der Waals surface area contributed by atoms with E-state index in [0.29, 0.717) is 6.54 Å². The Morgan fingerprint density at radius 1 is 1.50 bits per heavy atom. The molecule has 1 unspecified atom stereocenters. The minimum atomic E-state index is -0.0834. The molecule has 0 aliphatic rings. The van der Waals surface area contributed by atoms with Gasteiger partial charge < -0.3 is 15.7 Å². The van der Waals surface area contributed by atoms with Gasteiger partial charge in [-0.15, -0.1) is 0 Å². The normalized spacial score (nSPS) is 13.7. The molecule has 0 spiro atoms. The van der Waals surface area contributed by atoms with Crippen LogP contribution in [-0.4, -0.2) is 36.1 Å². The third-order valence-electron chi connectivity index (χ3n) is 2.99. The molecular formula is C13H21N3O2. The summed E-state index contributed by atoms with van der Waals surface area (Å²) in [6.45, 7) is 2.68. The van der Waals surface area contributed by atoms with Crippen LogP contribution in [-0.2, 0) is 6.54 Å². The number of nitrogens with zero attached hydrogens (tertiary/aromatic N) is 2. The second-order valence-electron chi connectivity index (χ2n) is 4.18. The number of hydrogen-bond acceptors (Lipinski definition) is 4. The van der Waals surface area contributed by atoms with Crippen molar-refractivity contribution in [2.45, 2.75) is 25.9 Å². The molecule has 0 aliphatic carbocycles. The van der Waals surface area contributed by atoms with E-state index in [1.165, 1.54) is 0 Å². The van der Waals surface area contributed by atoms with Gasteiger partial charge in [0.2, 0.25) is 0 Å². The van der Waals surface area contributed by atoms with Crippen LogP contribution in [0.5, 0.6) is 5.75 Å². The third-order valence-corrected chi connectivity index (χ3v) is 2.99. The number of hydrogen-bond donors (Lipinski definition) is 2. The van der Waals surface area contributed by atoms with Gasteiger partial charge in [-0.1, -0.05) is 30.3 Å². The fraction of sp³-hybridized carbons (Fsp3) is 0.462. The van der Waals surface area contributed by atoms with Crippen molar-refractivity contribution in [3.05, 3.63) is 29.8 Å². The average molecular weight is 251 g/mol. The number of likely N-dealkylation sites (N-methyl/N-ethyl adjacent to an activating group) is 1. The van der Waals surface area contributed by atoms with Crippen molar-refractivity contribution in [1.29, 1.82) is 0 Å². The lowest BCUT2D eigenvalue weighted by Crippen LogP contribution is -2.41. The Labute approximate surface area is 108 Å². The molecule has 5 nitrogen and oxygen atoms in total. The van der Waals surface area contributed by atoms with E-state index in [0.717, 1.165) is 17.7 Å². The van der Waals surface area contributed by atoms with Gasteiger partial charge in [0.15, 0.2) is 5.84 Å². The summed E-state index contributed by atoms with van der Waals surface area (Å²) in [5.41, 5.74) is 6.76. The number of benzene rings is 1. The zero-order valence-electron chi connectivity index (χ0n) is 11.1. The van der Waals surface area contributed by atoms with E-state index >= 15 is 0 Å². The quantitative estimate of drug-likeness (QED) is 0.349. The van der Waals surface area contributed by atoms with Gasteiger partial charge in [0.1, 0.15) is 5.75 Å². The second-order valence-corrected chi connectivity index (χ2v) is 4.18. The molecule has 0 saturated heterocycles. The van der Waals surface area contributed by atoms with Crippen LogP contribution < -0.4 is 10.5 Å². The number of rotatable bonds is 6. The van der Waals surface area contributed by atoms with Crippen LogP contribution in [0.4, 0.5) is 0 Å². The maximum absolute atomic E-state index is 8.76. The smallest absolute Gasteiger partial charge is 0.156 e. The predicted molar refractivity (Wildman–Crippen MR) is 71.9 cm³/mol. The third kappa shape index (κ3) is 3.37. The highest BCUT2D eigenvalue weighted by molar-refractivity contribution is 5.85. The molecule has 0 saturated carbocycles. The predicted octanol–water partition coefficient (Wildman–Crippen LogP) is 1.65. The Kier molecular flexibility index (Phi) is 5.45. The maximum atomic E-state index is 8.76. The van der Waals surface area contributed by atoms with Crippen LogP contribution in [0.1, 0.15) is 18.9 Å². The summed E-state index contributed by atoms with van der Waals surface area (Å²) in [4.78, 5) is 2.03. The first-order valence-electron chi connectivity index (χ1n) is 5.93. The summed E-state index contributed by atoms with van der Waals surface area (Å²) in [5, 5.41) is 11.9. The highest BCUT2D eigenvalue weighted by Crippen LogP contribution is 2.20. The SMILES string of the molecule is CCC(C(N)=NO)N(C)Cc1ccccc1OC. The highest BCUT2D eigenvalue weighted by Gasteiger charge is 2.18. The van der Waals surface area contributed by atoms with Crippen molar-refractivity contribution in [2.24, 2.45) is 10.9 Å². The summed E-state index contributed by atoms with van der Waals surface area (Å²) >= 11 is 0. The lowest BCUT2D eigenvalue weighted by molar-refractivity contribution is 0.261. The van der Waals surface area contributed by atoms with Crippen LogP contribution >= 0.6 is 0 Å². The van der Waals surface area contributed by atoms with E-state index in [1.807, 2.05) is 43.1 Å². The minimum Gasteiger partial charge on any atom is -0.496 e. The molecule has 0 aromatic heterocycles. The minimum absolute atomic E-state index is 0.0834. The van der Waals surface area contributed by atoms with Crippen molar-refractivity contribution in [3.63, 3.8) is 0 Å². The van der Waals surface area contributed by atoms with Crippen LogP contribution in [0.3, 0.4) is 0 Å². The molecular weight excluding hydrogens is 230 g/mol. The van der Waals surface area contributed by atoms with E-state index in [9.17, 15) is 0 Å². The first-order valence-corrected chi connectivity index (χ1v) is 5.93. The van der Waals surface area contributed by atoms with Gasteiger partial charge >= 0.3 is 0 Å². The largest absolute Gasteiger partial charge is 0.496 e. The van der Waals surface area contributed by atoms with Crippen LogP contribution in [0, 0.1) is 0 Å². The van der Waals surface area contributed by atoms with Gasteiger partial charge in [0, 0.05) is 12.1 Å². The molecule has 0 aliphatic heterocycles. The maximum Gasteiger partial charge on any atom is 0.156 e. The Balaban J connectivity index is 2.82. The molecule has 100 valence electrons. The number of oxime groups is 1. The average Bonchev–Trinajstić information content (AvgIpc) is 2.39. The number of nitrogens with two attached hydrogens (primary N) is 1. The lowest BCUT2D eigenvalue weighted by Gasteiger charge is -2.26. The Morgan fingerprint density at radius 3 is 2.72 bits per heavy atom. The van der Waals surface area contributed by atoms with Gasteiger partial charge in [-0.05, 0) is 19.5 Å². The molecule has 0 radical (unpaired) electrons. The first kappa shape index (κ1) is 14.3. The van der Waals surface area contributed by atoms with Crippen molar-refractivity contribution >= 4 is 5.84 Å². The Bertz CT molecular complexity index is 407. The summed E-state index contributed by atoms with van der Waals surface area (Å²) in [7, 11) is 3.60. The number of ether oxygens (including phenoxy) is 1. The standard InChI is InChI=1S/C13H21N3O2/c1-4-11(13(14)15-17)16(2)9-10-7-5-6-8-12(10)18-3/h5-8,11,17H,4,9H2,1-3H3,(H2,14,15). The topological polar surface area (TPSA) is 71.1 Å². The highest BCUT2D eigenvalue weighted by atomic mass is 16.5. The molecule has 0 bridgehead atoms. The Morgan fingerprint density at radius 2 is 2.17 bits per heavy atom. The van der Waals surface area contributed by atoms with E-state index < -0.39 is 0 Å². The van der Waals surface area contributed by atoms with Gasteiger partial charge in [0.25, 0.3) is 0 Å². The molecule has 1 aromatic carbocycles. The van der Waals surface area contributed by atoms with Crippen molar-refractivity contribution in [3.8, 4) is 5.75 Å². The molecule has 5 heteroatoms. The van der Waals surface area contributed by atoms with Gasteiger partial charge in [0.05, 0.1) is 13.2 Å². The summed E-state index contributed by atoms with van der Waals surface area (Å²) in [6.07, 6.45) is 0.779. The van der Waals surface area contributed by atoms with E-state index in [-0.39, 0.29) is 11.9 Å². The van der Waals surface area contributed by atoms with Crippen molar-refractivity contribution in [1.82, 2.24) is 4.90 Å². The lowest BCUT2D eigenvalue weighted by atomic mass is 10.1. The van der Waals surface area contributed by atoms with E-state index in [2.05, 4.69) is 5.16 Å². The molecule has 3 N–H and O–H groups in total. The van der Waals surface area contributed by atoms with Gasteiger partial charge in [-0.2, -0.15) is 0 Å².